The number of carbonyl (C=O) groups is 1. The number of aryl methyl sites for hydroxylation is 1. The monoisotopic (exact) mass is 254 g/mol. The molecule has 0 aliphatic heterocycles. The lowest BCUT2D eigenvalue weighted by atomic mass is 10.1. The summed E-state index contributed by atoms with van der Waals surface area (Å²) in [5.41, 5.74) is 9.41. The first-order valence-electron chi connectivity index (χ1n) is 6.30. The maximum Gasteiger partial charge on any atom is 0.248 e. The third-order valence-corrected chi connectivity index (χ3v) is 3.02. The third kappa shape index (κ3) is 3.93. The summed E-state index contributed by atoms with van der Waals surface area (Å²) in [6.07, 6.45) is 0. The van der Waals surface area contributed by atoms with Crippen molar-refractivity contribution in [3.8, 4) is 0 Å². The van der Waals surface area contributed by atoms with Gasteiger partial charge in [0.2, 0.25) is 5.91 Å². The van der Waals surface area contributed by atoms with E-state index in [-0.39, 0.29) is 5.91 Å². The van der Waals surface area contributed by atoms with Crippen LogP contribution in [0.4, 0.5) is 0 Å². The van der Waals surface area contributed by atoms with E-state index in [1.54, 1.807) is 12.1 Å². The minimum Gasteiger partial charge on any atom is -0.366 e. The van der Waals surface area contributed by atoms with Crippen LogP contribution in [0.15, 0.2) is 48.5 Å². The Kier molecular flexibility index (Phi) is 4.31. The molecule has 0 aliphatic carbocycles. The summed E-state index contributed by atoms with van der Waals surface area (Å²) in [4.78, 5) is 10.9. The predicted octanol–water partition coefficient (Wildman–Crippen LogP) is 2.38. The molecular weight excluding hydrogens is 236 g/mol. The van der Waals surface area contributed by atoms with Crippen LogP contribution in [-0.4, -0.2) is 5.91 Å². The summed E-state index contributed by atoms with van der Waals surface area (Å²) >= 11 is 0. The van der Waals surface area contributed by atoms with Gasteiger partial charge in [-0.05, 0) is 30.2 Å². The van der Waals surface area contributed by atoms with E-state index in [0.717, 1.165) is 18.7 Å². The first kappa shape index (κ1) is 13.3. The molecule has 1 amide bonds. The van der Waals surface area contributed by atoms with Crippen molar-refractivity contribution in [3.63, 3.8) is 0 Å². The Bertz CT molecular complexity index is 544. The number of hydrogen-bond acceptors (Lipinski definition) is 2. The van der Waals surface area contributed by atoms with Crippen LogP contribution in [0.1, 0.15) is 27.0 Å². The van der Waals surface area contributed by atoms with Gasteiger partial charge in [0.25, 0.3) is 0 Å². The van der Waals surface area contributed by atoms with Gasteiger partial charge in [0, 0.05) is 18.7 Å². The van der Waals surface area contributed by atoms with Crippen LogP contribution in [0, 0.1) is 6.92 Å². The Hall–Kier alpha value is -2.13. The Morgan fingerprint density at radius 3 is 1.89 bits per heavy atom. The van der Waals surface area contributed by atoms with Gasteiger partial charge in [-0.2, -0.15) is 0 Å². The van der Waals surface area contributed by atoms with Gasteiger partial charge in [0.1, 0.15) is 0 Å². The van der Waals surface area contributed by atoms with Crippen molar-refractivity contribution < 1.29 is 4.79 Å². The molecule has 0 spiro atoms. The Labute approximate surface area is 113 Å². The second-order valence-electron chi connectivity index (χ2n) is 4.65. The molecule has 19 heavy (non-hydrogen) atoms. The van der Waals surface area contributed by atoms with Crippen molar-refractivity contribution in [2.24, 2.45) is 5.73 Å². The van der Waals surface area contributed by atoms with Crippen LogP contribution in [-0.2, 0) is 13.1 Å². The molecular formula is C16H18N2O. The van der Waals surface area contributed by atoms with Crippen LogP contribution < -0.4 is 11.1 Å². The molecule has 0 saturated carbocycles. The Morgan fingerprint density at radius 1 is 0.947 bits per heavy atom. The first-order chi connectivity index (χ1) is 9.15. The van der Waals surface area contributed by atoms with E-state index < -0.39 is 0 Å². The van der Waals surface area contributed by atoms with Crippen LogP contribution in [0.5, 0.6) is 0 Å². The molecule has 0 aliphatic rings. The molecule has 0 fully saturated rings. The largest absolute Gasteiger partial charge is 0.366 e. The van der Waals surface area contributed by atoms with Gasteiger partial charge in [0.15, 0.2) is 0 Å². The zero-order valence-electron chi connectivity index (χ0n) is 11.0. The summed E-state index contributed by atoms with van der Waals surface area (Å²) in [7, 11) is 0. The SMILES string of the molecule is Cc1ccc(CNCc2ccc(C(N)=O)cc2)cc1. The molecule has 3 nitrogen and oxygen atoms in total. The minimum atomic E-state index is -0.390. The molecule has 2 aromatic carbocycles. The lowest BCUT2D eigenvalue weighted by Crippen LogP contribution is -2.14. The van der Waals surface area contributed by atoms with Crippen LogP contribution in [0.3, 0.4) is 0 Å². The van der Waals surface area contributed by atoms with E-state index in [2.05, 4.69) is 36.5 Å². The van der Waals surface area contributed by atoms with Crippen LogP contribution in [0.2, 0.25) is 0 Å². The fourth-order valence-electron chi connectivity index (χ4n) is 1.84. The van der Waals surface area contributed by atoms with Crippen LogP contribution in [0.25, 0.3) is 0 Å². The van der Waals surface area contributed by atoms with Gasteiger partial charge < -0.3 is 11.1 Å². The van der Waals surface area contributed by atoms with Gasteiger partial charge >= 0.3 is 0 Å². The molecule has 3 heteroatoms. The fraction of sp³-hybridized carbons (Fsp3) is 0.188. The highest BCUT2D eigenvalue weighted by Crippen LogP contribution is 2.05. The highest BCUT2D eigenvalue weighted by Gasteiger charge is 1.99. The number of carbonyl (C=O) groups excluding carboxylic acids is 1. The molecule has 0 saturated heterocycles. The van der Waals surface area contributed by atoms with E-state index in [4.69, 9.17) is 5.73 Å². The summed E-state index contributed by atoms with van der Waals surface area (Å²) in [5.74, 6) is -0.390. The summed E-state index contributed by atoms with van der Waals surface area (Å²) in [5, 5.41) is 3.37. The molecule has 0 heterocycles. The minimum absolute atomic E-state index is 0.390. The standard InChI is InChI=1S/C16H18N2O/c1-12-2-4-13(5-3-12)10-18-11-14-6-8-15(9-7-14)16(17)19/h2-9,18H,10-11H2,1H3,(H2,17,19). The molecule has 98 valence electrons. The Morgan fingerprint density at radius 2 is 1.42 bits per heavy atom. The average Bonchev–Trinajstić information content (AvgIpc) is 2.41. The molecule has 0 radical (unpaired) electrons. The van der Waals surface area contributed by atoms with E-state index in [1.165, 1.54) is 11.1 Å². The maximum atomic E-state index is 10.9. The number of nitrogens with one attached hydrogen (secondary N) is 1. The molecule has 3 N–H and O–H groups in total. The fourth-order valence-corrected chi connectivity index (χ4v) is 1.84. The first-order valence-corrected chi connectivity index (χ1v) is 6.30. The average molecular weight is 254 g/mol. The molecule has 0 aromatic heterocycles. The highest BCUT2D eigenvalue weighted by molar-refractivity contribution is 5.92. The lowest BCUT2D eigenvalue weighted by Gasteiger charge is -2.06. The van der Waals surface area contributed by atoms with Crippen molar-refractivity contribution >= 4 is 5.91 Å². The van der Waals surface area contributed by atoms with Gasteiger partial charge in [-0.15, -0.1) is 0 Å². The third-order valence-electron chi connectivity index (χ3n) is 3.02. The molecule has 0 atom stereocenters. The molecule has 2 aromatic rings. The van der Waals surface area contributed by atoms with Crippen molar-refractivity contribution in [2.45, 2.75) is 20.0 Å². The zero-order valence-corrected chi connectivity index (χ0v) is 11.0. The maximum absolute atomic E-state index is 10.9. The van der Waals surface area contributed by atoms with Crippen molar-refractivity contribution in [3.05, 3.63) is 70.8 Å². The van der Waals surface area contributed by atoms with E-state index in [0.29, 0.717) is 5.56 Å². The second kappa shape index (κ2) is 6.16. The normalized spacial score (nSPS) is 10.4. The smallest absolute Gasteiger partial charge is 0.248 e. The van der Waals surface area contributed by atoms with Crippen molar-refractivity contribution in [1.82, 2.24) is 5.32 Å². The number of benzene rings is 2. The summed E-state index contributed by atoms with van der Waals surface area (Å²) in [6.45, 7) is 3.68. The van der Waals surface area contributed by atoms with E-state index >= 15 is 0 Å². The number of rotatable bonds is 5. The van der Waals surface area contributed by atoms with E-state index in [9.17, 15) is 4.79 Å². The number of nitrogens with two attached hydrogens (primary N) is 1. The topological polar surface area (TPSA) is 55.1 Å². The van der Waals surface area contributed by atoms with Crippen molar-refractivity contribution in [1.29, 1.82) is 0 Å². The van der Waals surface area contributed by atoms with Gasteiger partial charge in [-0.3, -0.25) is 4.79 Å². The number of primary amides is 1. The highest BCUT2D eigenvalue weighted by atomic mass is 16.1. The van der Waals surface area contributed by atoms with Gasteiger partial charge in [-0.1, -0.05) is 42.0 Å². The predicted molar refractivity (Wildman–Crippen MR) is 76.7 cm³/mol. The number of hydrogen-bond donors (Lipinski definition) is 2. The van der Waals surface area contributed by atoms with Crippen molar-refractivity contribution in [2.75, 3.05) is 0 Å². The quantitative estimate of drug-likeness (QED) is 0.860. The van der Waals surface area contributed by atoms with Crippen LogP contribution >= 0.6 is 0 Å². The number of amides is 1. The lowest BCUT2D eigenvalue weighted by molar-refractivity contribution is 0.100. The molecule has 2 rings (SSSR count). The van der Waals surface area contributed by atoms with E-state index in [1.807, 2.05) is 12.1 Å². The molecule has 0 bridgehead atoms. The van der Waals surface area contributed by atoms with Gasteiger partial charge in [-0.25, -0.2) is 0 Å². The Balaban J connectivity index is 1.85. The van der Waals surface area contributed by atoms with Gasteiger partial charge in [0.05, 0.1) is 0 Å². The summed E-state index contributed by atoms with van der Waals surface area (Å²) < 4.78 is 0. The zero-order chi connectivity index (χ0) is 13.7. The molecule has 0 unspecified atom stereocenters. The second-order valence-corrected chi connectivity index (χ2v) is 4.65. The summed E-state index contributed by atoms with van der Waals surface area (Å²) in [6, 6.07) is 15.8.